The average Bonchev–Trinajstić information content (AvgIpc) is 2.54. The van der Waals surface area contributed by atoms with E-state index in [9.17, 15) is 18.0 Å². The summed E-state index contributed by atoms with van der Waals surface area (Å²) in [6.45, 7) is 0.825. The van der Waals surface area contributed by atoms with Crippen LogP contribution in [0.4, 0.5) is 24.5 Å². The Labute approximate surface area is 141 Å². The number of rotatable bonds is 3. The third kappa shape index (κ3) is 3.84. The zero-order chi connectivity index (χ0) is 17.2. The summed E-state index contributed by atoms with van der Waals surface area (Å²) < 4.78 is 38.2. The van der Waals surface area contributed by atoms with Gasteiger partial charge >= 0.3 is 6.18 Å². The molecule has 1 heterocycles. The van der Waals surface area contributed by atoms with E-state index in [2.05, 4.69) is 5.32 Å². The Morgan fingerprint density at radius 3 is 2.75 bits per heavy atom. The molecule has 1 aliphatic heterocycles. The fourth-order valence-electron chi connectivity index (χ4n) is 2.54. The SMILES string of the molecule is O=C(CN1CCSc2ccccc21)Nc1cccc(C(F)(F)F)c1. The molecule has 1 amide bonds. The number of thioether (sulfide) groups is 1. The summed E-state index contributed by atoms with van der Waals surface area (Å²) in [7, 11) is 0. The van der Waals surface area contributed by atoms with Crippen molar-refractivity contribution in [2.45, 2.75) is 11.1 Å². The minimum Gasteiger partial charge on any atom is -0.360 e. The molecular formula is C17H15F3N2OS. The maximum Gasteiger partial charge on any atom is 0.416 e. The smallest absolute Gasteiger partial charge is 0.360 e. The van der Waals surface area contributed by atoms with Crippen LogP contribution >= 0.6 is 11.8 Å². The van der Waals surface area contributed by atoms with Gasteiger partial charge in [0.05, 0.1) is 17.8 Å². The second kappa shape index (κ2) is 6.76. The maximum absolute atomic E-state index is 12.7. The van der Waals surface area contributed by atoms with Gasteiger partial charge in [-0.3, -0.25) is 4.79 Å². The highest BCUT2D eigenvalue weighted by molar-refractivity contribution is 7.99. The van der Waals surface area contributed by atoms with Crippen LogP contribution in [0.3, 0.4) is 0 Å². The molecule has 0 saturated heterocycles. The molecule has 0 radical (unpaired) electrons. The third-order valence-electron chi connectivity index (χ3n) is 3.63. The number of nitrogens with zero attached hydrogens (tertiary/aromatic N) is 1. The summed E-state index contributed by atoms with van der Waals surface area (Å²) in [4.78, 5) is 15.3. The topological polar surface area (TPSA) is 32.3 Å². The number of anilines is 2. The fourth-order valence-corrected chi connectivity index (χ4v) is 3.59. The van der Waals surface area contributed by atoms with E-state index < -0.39 is 11.7 Å². The van der Waals surface area contributed by atoms with E-state index in [0.717, 1.165) is 35.0 Å². The summed E-state index contributed by atoms with van der Waals surface area (Å²) in [5.41, 5.74) is 0.349. The molecule has 0 aromatic heterocycles. The van der Waals surface area contributed by atoms with Crippen molar-refractivity contribution in [3.63, 3.8) is 0 Å². The molecule has 24 heavy (non-hydrogen) atoms. The summed E-state index contributed by atoms with van der Waals surface area (Å²) >= 11 is 1.73. The third-order valence-corrected chi connectivity index (χ3v) is 4.68. The van der Waals surface area contributed by atoms with E-state index in [1.54, 1.807) is 11.8 Å². The number of hydrogen-bond donors (Lipinski definition) is 1. The Hall–Kier alpha value is -2.15. The van der Waals surface area contributed by atoms with Crippen molar-refractivity contribution in [1.29, 1.82) is 0 Å². The molecule has 0 fully saturated rings. The number of alkyl halides is 3. The van der Waals surface area contributed by atoms with Gasteiger partial charge < -0.3 is 10.2 Å². The van der Waals surface area contributed by atoms with Crippen LogP contribution in [0.15, 0.2) is 53.4 Å². The van der Waals surface area contributed by atoms with Crippen molar-refractivity contribution in [2.75, 3.05) is 29.1 Å². The normalized spacial score (nSPS) is 14.2. The molecule has 0 bridgehead atoms. The predicted octanol–water partition coefficient (Wildman–Crippen LogP) is 4.26. The molecular weight excluding hydrogens is 337 g/mol. The molecule has 1 N–H and O–H groups in total. The van der Waals surface area contributed by atoms with Gasteiger partial charge in [0.25, 0.3) is 0 Å². The van der Waals surface area contributed by atoms with Crippen molar-refractivity contribution in [2.24, 2.45) is 0 Å². The van der Waals surface area contributed by atoms with Gasteiger partial charge in [-0.05, 0) is 30.3 Å². The summed E-state index contributed by atoms with van der Waals surface area (Å²) in [6, 6.07) is 12.4. The highest BCUT2D eigenvalue weighted by Gasteiger charge is 2.30. The van der Waals surface area contributed by atoms with E-state index in [0.29, 0.717) is 0 Å². The van der Waals surface area contributed by atoms with Crippen molar-refractivity contribution < 1.29 is 18.0 Å². The van der Waals surface area contributed by atoms with Crippen molar-refractivity contribution >= 4 is 29.0 Å². The minimum absolute atomic E-state index is 0.105. The lowest BCUT2D eigenvalue weighted by atomic mass is 10.2. The Balaban J connectivity index is 1.69. The first-order chi connectivity index (χ1) is 11.4. The van der Waals surface area contributed by atoms with Gasteiger partial charge in [0, 0.05) is 22.9 Å². The van der Waals surface area contributed by atoms with Crippen LogP contribution in [-0.4, -0.2) is 24.7 Å². The van der Waals surface area contributed by atoms with E-state index in [-0.39, 0.29) is 18.1 Å². The number of carbonyl (C=O) groups excluding carboxylic acids is 1. The van der Waals surface area contributed by atoms with Crippen LogP contribution in [0.2, 0.25) is 0 Å². The van der Waals surface area contributed by atoms with Gasteiger partial charge in [0.1, 0.15) is 0 Å². The first-order valence-electron chi connectivity index (χ1n) is 7.37. The number of benzene rings is 2. The second-order valence-corrected chi connectivity index (χ2v) is 6.50. The summed E-state index contributed by atoms with van der Waals surface area (Å²) in [5.74, 6) is 0.532. The molecule has 0 saturated carbocycles. The van der Waals surface area contributed by atoms with Gasteiger partial charge in [-0.15, -0.1) is 11.8 Å². The van der Waals surface area contributed by atoms with Crippen molar-refractivity contribution in [3.8, 4) is 0 Å². The average molecular weight is 352 g/mol. The molecule has 1 aliphatic rings. The fraction of sp³-hybridized carbons (Fsp3) is 0.235. The second-order valence-electron chi connectivity index (χ2n) is 5.36. The van der Waals surface area contributed by atoms with Crippen LogP contribution in [0.5, 0.6) is 0 Å². The predicted molar refractivity (Wildman–Crippen MR) is 89.5 cm³/mol. The van der Waals surface area contributed by atoms with E-state index in [1.165, 1.54) is 12.1 Å². The molecule has 0 spiro atoms. The Kier molecular flexibility index (Phi) is 4.71. The number of nitrogens with one attached hydrogen (secondary N) is 1. The molecule has 7 heteroatoms. The molecule has 126 valence electrons. The van der Waals surface area contributed by atoms with Gasteiger partial charge in [-0.2, -0.15) is 13.2 Å². The van der Waals surface area contributed by atoms with Crippen LogP contribution in [-0.2, 0) is 11.0 Å². The van der Waals surface area contributed by atoms with Gasteiger partial charge in [-0.1, -0.05) is 18.2 Å². The zero-order valence-corrected chi connectivity index (χ0v) is 13.5. The van der Waals surface area contributed by atoms with Crippen molar-refractivity contribution in [3.05, 3.63) is 54.1 Å². The molecule has 3 rings (SSSR count). The van der Waals surface area contributed by atoms with Crippen LogP contribution in [0.1, 0.15) is 5.56 Å². The number of fused-ring (bicyclic) bond motifs is 1. The molecule has 3 nitrogen and oxygen atoms in total. The molecule has 0 unspecified atom stereocenters. The van der Waals surface area contributed by atoms with E-state index >= 15 is 0 Å². The monoisotopic (exact) mass is 352 g/mol. The summed E-state index contributed by atoms with van der Waals surface area (Å²) in [6.07, 6.45) is -4.43. The summed E-state index contributed by atoms with van der Waals surface area (Å²) in [5, 5.41) is 2.55. The molecule has 0 aliphatic carbocycles. The number of amides is 1. The zero-order valence-electron chi connectivity index (χ0n) is 12.6. The molecule has 0 atom stereocenters. The Morgan fingerprint density at radius 1 is 1.17 bits per heavy atom. The number of halogens is 3. The quantitative estimate of drug-likeness (QED) is 0.896. The molecule has 2 aromatic carbocycles. The Morgan fingerprint density at radius 2 is 1.96 bits per heavy atom. The van der Waals surface area contributed by atoms with E-state index in [4.69, 9.17) is 0 Å². The number of hydrogen-bond acceptors (Lipinski definition) is 3. The Bertz CT molecular complexity index is 749. The van der Waals surface area contributed by atoms with Crippen LogP contribution < -0.4 is 10.2 Å². The maximum atomic E-state index is 12.7. The standard InChI is InChI=1S/C17H15F3N2OS/c18-17(19,20)12-4-3-5-13(10-12)21-16(23)11-22-8-9-24-15-7-2-1-6-14(15)22/h1-7,10H,8-9,11H2,(H,21,23). The van der Waals surface area contributed by atoms with E-state index in [1.807, 2.05) is 29.2 Å². The van der Waals surface area contributed by atoms with Crippen molar-refractivity contribution in [1.82, 2.24) is 0 Å². The lowest BCUT2D eigenvalue weighted by Gasteiger charge is -2.30. The van der Waals surface area contributed by atoms with Gasteiger partial charge in [0.15, 0.2) is 0 Å². The first kappa shape index (κ1) is 16.7. The minimum atomic E-state index is -4.43. The highest BCUT2D eigenvalue weighted by Crippen LogP contribution is 2.34. The highest BCUT2D eigenvalue weighted by atomic mass is 32.2. The number of para-hydroxylation sites is 1. The van der Waals surface area contributed by atoms with Gasteiger partial charge in [0.2, 0.25) is 5.91 Å². The lowest BCUT2D eigenvalue weighted by Crippen LogP contribution is -2.36. The first-order valence-corrected chi connectivity index (χ1v) is 8.36. The lowest BCUT2D eigenvalue weighted by molar-refractivity contribution is -0.137. The van der Waals surface area contributed by atoms with Gasteiger partial charge in [-0.25, -0.2) is 0 Å². The largest absolute Gasteiger partial charge is 0.416 e. The van der Waals surface area contributed by atoms with Crippen LogP contribution in [0.25, 0.3) is 0 Å². The molecule has 2 aromatic rings. The van der Waals surface area contributed by atoms with Crippen LogP contribution in [0, 0.1) is 0 Å². The number of carbonyl (C=O) groups is 1.